The highest BCUT2D eigenvalue weighted by atomic mass is 16.5. The van der Waals surface area contributed by atoms with E-state index in [1.807, 2.05) is 71.2 Å². The van der Waals surface area contributed by atoms with Crippen molar-refractivity contribution in [3.05, 3.63) is 83.4 Å². The molecule has 1 aliphatic heterocycles. The Labute approximate surface area is 152 Å². The Kier molecular flexibility index (Phi) is 4.44. The Hall–Kier alpha value is -3.08. The zero-order valence-corrected chi connectivity index (χ0v) is 14.8. The lowest BCUT2D eigenvalue weighted by molar-refractivity contribution is 0.0724. The first-order valence-corrected chi connectivity index (χ1v) is 8.76. The molecule has 0 saturated carbocycles. The Morgan fingerprint density at radius 2 is 2.04 bits per heavy atom. The van der Waals surface area contributed by atoms with Gasteiger partial charge >= 0.3 is 0 Å². The normalized spacial score (nSPS) is 12.5. The number of carbonyl (C=O) groups is 1. The molecule has 1 aromatic heterocycles. The number of amides is 1. The van der Waals surface area contributed by atoms with Crippen LogP contribution in [0.1, 0.15) is 27.3 Å². The van der Waals surface area contributed by atoms with Crippen LogP contribution in [-0.2, 0) is 26.6 Å². The predicted molar refractivity (Wildman–Crippen MR) is 98.9 cm³/mol. The molecule has 0 bridgehead atoms. The number of nitrogens with zero attached hydrogens (tertiary/aromatic N) is 3. The van der Waals surface area contributed by atoms with Crippen molar-refractivity contribution < 1.29 is 9.53 Å². The number of rotatable bonds is 5. The first-order chi connectivity index (χ1) is 12.7. The molecule has 1 amide bonds. The number of hydrogen-bond donors (Lipinski definition) is 0. The molecule has 26 heavy (non-hydrogen) atoms. The smallest absolute Gasteiger partial charge is 0.254 e. The Balaban J connectivity index is 1.62. The monoisotopic (exact) mass is 347 g/mol. The first kappa shape index (κ1) is 16.4. The molecule has 0 atom stereocenters. The van der Waals surface area contributed by atoms with E-state index in [0.717, 1.165) is 29.1 Å². The van der Waals surface area contributed by atoms with Gasteiger partial charge < -0.3 is 14.2 Å². The van der Waals surface area contributed by atoms with Crippen LogP contribution >= 0.6 is 0 Å². The van der Waals surface area contributed by atoms with Gasteiger partial charge in [0.1, 0.15) is 11.6 Å². The number of aromatic nitrogens is 2. The Bertz CT molecular complexity index is 918. The van der Waals surface area contributed by atoms with Gasteiger partial charge in [-0.15, -0.1) is 0 Å². The van der Waals surface area contributed by atoms with E-state index < -0.39 is 0 Å². The van der Waals surface area contributed by atoms with E-state index in [0.29, 0.717) is 25.3 Å². The van der Waals surface area contributed by atoms with Gasteiger partial charge in [-0.25, -0.2) is 4.98 Å². The van der Waals surface area contributed by atoms with Crippen LogP contribution in [0.2, 0.25) is 0 Å². The summed E-state index contributed by atoms with van der Waals surface area (Å²) in [6.45, 7) is 1.69. The number of imidazole rings is 1. The number of fused-ring (bicyclic) bond motifs is 1. The van der Waals surface area contributed by atoms with Crippen LogP contribution < -0.4 is 4.74 Å². The fraction of sp³-hybridized carbons (Fsp3) is 0.238. The standard InChI is InChI=1S/C21H21N3O2/c1-23-11-10-22-20(23)15-24(14-16-5-3-2-4-6-16)21(25)18-7-8-19-17(13-18)9-12-26-19/h2-8,10-11,13H,9,12,14-15H2,1H3. The van der Waals surface area contributed by atoms with E-state index in [1.165, 1.54) is 0 Å². The maximum atomic E-state index is 13.2. The van der Waals surface area contributed by atoms with Crippen molar-refractivity contribution in [2.75, 3.05) is 6.61 Å². The lowest BCUT2D eigenvalue weighted by atomic mass is 10.1. The first-order valence-electron chi connectivity index (χ1n) is 8.76. The maximum Gasteiger partial charge on any atom is 0.254 e. The number of aryl methyl sites for hydroxylation is 1. The summed E-state index contributed by atoms with van der Waals surface area (Å²) in [5.74, 6) is 1.76. The van der Waals surface area contributed by atoms with Crippen molar-refractivity contribution in [1.82, 2.24) is 14.5 Å². The minimum Gasteiger partial charge on any atom is -0.493 e. The fourth-order valence-electron chi connectivity index (χ4n) is 3.23. The summed E-state index contributed by atoms with van der Waals surface area (Å²) in [7, 11) is 1.94. The van der Waals surface area contributed by atoms with E-state index >= 15 is 0 Å². The summed E-state index contributed by atoms with van der Waals surface area (Å²) >= 11 is 0. The summed E-state index contributed by atoms with van der Waals surface area (Å²) in [6.07, 6.45) is 4.51. The van der Waals surface area contributed by atoms with Gasteiger partial charge in [0.05, 0.1) is 13.2 Å². The van der Waals surface area contributed by atoms with Crippen LogP contribution in [0.15, 0.2) is 60.9 Å². The van der Waals surface area contributed by atoms with Crippen LogP contribution in [0.5, 0.6) is 5.75 Å². The van der Waals surface area contributed by atoms with Crippen molar-refractivity contribution in [2.24, 2.45) is 7.05 Å². The molecule has 2 aromatic carbocycles. The summed E-state index contributed by atoms with van der Waals surface area (Å²) in [6, 6.07) is 15.7. The average molecular weight is 347 g/mol. The molecule has 4 rings (SSSR count). The number of ether oxygens (including phenoxy) is 1. The minimum atomic E-state index is 0.00607. The average Bonchev–Trinajstić information content (AvgIpc) is 3.29. The summed E-state index contributed by atoms with van der Waals surface area (Å²) in [4.78, 5) is 19.5. The third-order valence-corrected chi connectivity index (χ3v) is 4.69. The SMILES string of the molecule is Cn1ccnc1CN(Cc1ccccc1)C(=O)c1ccc2c(c1)CCO2. The molecule has 0 N–H and O–H groups in total. The number of carbonyl (C=O) groups excluding carboxylic acids is 1. The molecule has 0 unspecified atom stereocenters. The molecule has 5 nitrogen and oxygen atoms in total. The van der Waals surface area contributed by atoms with Crippen LogP contribution in [0, 0.1) is 0 Å². The molecule has 0 spiro atoms. The molecule has 0 aliphatic carbocycles. The second kappa shape index (κ2) is 7.04. The molecule has 2 heterocycles. The topological polar surface area (TPSA) is 47.4 Å². The van der Waals surface area contributed by atoms with Gasteiger partial charge in [-0.3, -0.25) is 4.79 Å². The van der Waals surface area contributed by atoms with Gasteiger partial charge in [0.25, 0.3) is 5.91 Å². The zero-order chi connectivity index (χ0) is 17.9. The molecule has 1 aliphatic rings. The Morgan fingerprint density at radius 1 is 1.19 bits per heavy atom. The summed E-state index contributed by atoms with van der Waals surface area (Å²) in [5.41, 5.74) is 2.89. The highest BCUT2D eigenvalue weighted by molar-refractivity contribution is 5.94. The second-order valence-electron chi connectivity index (χ2n) is 6.52. The van der Waals surface area contributed by atoms with Gasteiger partial charge in [-0.2, -0.15) is 0 Å². The highest BCUT2D eigenvalue weighted by Crippen LogP contribution is 2.26. The third kappa shape index (κ3) is 3.33. The number of benzene rings is 2. The van der Waals surface area contributed by atoms with E-state index in [4.69, 9.17) is 4.74 Å². The van der Waals surface area contributed by atoms with Crippen molar-refractivity contribution in [3.8, 4) is 5.75 Å². The summed E-state index contributed by atoms with van der Waals surface area (Å²) < 4.78 is 7.50. The maximum absolute atomic E-state index is 13.2. The van der Waals surface area contributed by atoms with E-state index in [1.54, 1.807) is 6.20 Å². The van der Waals surface area contributed by atoms with Crippen molar-refractivity contribution in [2.45, 2.75) is 19.5 Å². The van der Waals surface area contributed by atoms with E-state index in [9.17, 15) is 4.79 Å². The molecule has 0 fully saturated rings. The zero-order valence-electron chi connectivity index (χ0n) is 14.8. The van der Waals surface area contributed by atoms with Crippen LogP contribution in [-0.4, -0.2) is 27.0 Å². The molecule has 0 radical (unpaired) electrons. The molecule has 5 heteroatoms. The molecule has 3 aromatic rings. The Morgan fingerprint density at radius 3 is 2.81 bits per heavy atom. The highest BCUT2D eigenvalue weighted by Gasteiger charge is 2.21. The van der Waals surface area contributed by atoms with Crippen molar-refractivity contribution in [3.63, 3.8) is 0 Å². The molecule has 132 valence electrons. The van der Waals surface area contributed by atoms with Crippen LogP contribution in [0.25, 0.3) is 0 Å². The van der Waals surface area contributed by atoms with Gasteiger partial charge in [-0.1, -0.05) is 30.3 Å². The quantitative estimate of drug-likeness (QED) is 0.712. The van der Waals surface area contributed by atoms with Gasteiger partial charge in [0, 0.05) is 38.0 Å². The third-order valence-electron chi connectivity index (χ3n) is 4.69. The number of hydrogen-bond acceptors (Lipinski definition) is 3. The lowest BCUT2D eigenvalue weighted by Crippen LogP contribution is -2.31. The van der Waals surface area contributed by atoms with Crippen molar-refractivity contribution in [1.29, 1.82) is 0 Å². The summed E-state index contributed by atoms with van der Waals surface area (Å²) in [5, 5.41) is 0. The van der Waals surface area contributed by atoms with Crippen molar-refractivity contribution >= 4 is 5.91 Å². The molecule has 0 saturated heterocycles. The lowest BCUT2D eigenvalue weighted by Gasteiger charge is -2.23. The fourth-order valence-corrected chi connectivity index (χ4v) is 3.23. The second-order valence-corrected chi connectivity index (χ2v) is 6.52. The van der Waals surface area contributed by atoms with E-state index in [2.05, 4.69) is 4.98 Å². The predicted octanol–water partition coefficient (Wildman–Crippen LogP) is 3.20. The molecular formula is C21H21N3O2. The molecular weight excluding hydrogens is 326 g/mol. The largest absolute Gasteiger partial charge is 0.493 e. The van der Waals surface area contributed by atoms with Crippen LogP contribution in [0.3, 0.4) is 0 Å². The van der Waals surface area contributed by atoms with Gasteiger partial charge in [0.2, 0.25) is 0 Å². The van der Waals surface area contributed by atoms with E-state index in [-0.39, 0.29) is 5.91 Å². The van der Waals surface area contributed by atoms with Gasteiger partial charge in [-0.05, 0) is 29.3 Å². The van der Waals surface area contributed by atoms with Crippen LogP contribution in [0.4, 0.5) is 0 Å². The minimum absolute atomic E-state index is 0.00607. The van der Waals surface area contributed by atoms with Gasteiger partial charge in [0.15, 0.2) is 0 Å².